The third-order valence-corrected chi connectivity index (χ3v) is 3.86. The van der Waals surface area contributed by atoms with Crippen LogP contribution in [0.15, 0.2) is 0 Å². The Morgan fingerprint density at radius 1 is 1.54 bits per heavy atom. The lowest BCUT2D eigenvalue weighted by Gasteiger charge is -2.54. The summed E-state index contributed by atoms with van der Waals surface area (Å²) < 4.78 is 0. The number of rotatable bonds is 0. The number of hydrogen-bond donors (Lipinski definition) is 1. The van der Waals surface area contributed by atoms with E-state index in [0.717, 1.165) is 19.4 Å². The Balaban J connectivity index is 2.03. The predicted molar refractivity (Wildman–Crippen MR) is 44.9 cm³/mol. The summed E-state index contributed by atoms with van der Waals surface area (Å²) in [5.41, 5.74) is -0.283. The highest BCUT2D eigenvalue weighted by atomic mass is 16.2. The van der Waals surface area contributed by atoms with E-state index >= 15 is 0 Å². The summed E-state index contributed by atoms with van der Waals surface area (Å²) in [5.74, 6) is 0.511. The van der Waals surface area contributed by atoms with Crippen molar-refractivity contribution in [3.05, 3.63) is 0 Å². The molecule has 13 heavy (non-hydrogen) atoms. The van der Waals surface area contributed by atoms with E-state index in [-0.39, 0.29) is 23.4 Å². The highest BCUT2D eigenvalue weighted by Gasteiger charge is 2.64. The van der Waals surface area contributed by atoms with Crippen molar-refractivity contribution >= 4 is 11.9 Å². The second-order valence-electron chi connectivity index (χ2n) is 4.57. The van der Waals surface area contributed by atoms with Gasteiger partial charge >= 0.3 is 6.03 Å². The quantitative estimate of drug-likeness (QED) is 0.584. The summed E-state index contributed by atoms with van der Waals surface area (Å²) in [6, 6.07) is 0.0171. The molecule has 3 aliphatic rings. The Hall–Kier alpha value is -1.06. The van der Waals surface area contributed by atoms with Gasteiger partial charge in [-0.25, -0.2) is 4.79 Å². The average Bonchev–Trinajstić information content (AvgIpc) is 2.41. The van der Waals surface area contributed by atoms with E-state index in [1.807, 2.05) is 11.8 Å². The van der Waals surface area contributed by atoms with Crippen molar-refractivity contribution in [1.82, 2.24) is 10.2 Å². The standard InChI is InChI=1S/C9H12N2O2/c1-9-4-5-2-3-11(6(5)9)8(13)10-7(9)12/h5-6H,2-4H2,1H3,(H,10,12,13). The fourth-order valence-corrected chi connectivity index (χ4v) is 3.21. The summed E-state index contributed by atoms with van der Waals surface area (Å²) in [4.78, 5) is 24.8. The van der Waals surface area contributed by atoms with E-state index < -0.39 is 0 Å². The molecule has 2 heterocycles. The predicted octanol–water partition coefficient (Wildman–Crippen LogP) is 0.337. The third-order valence-electron chi connectivity index (χ3n) is 3.86. The minimum Gasteiger partial charge on any atom is -0.320 e. The average molecular weight is 180 g/mol. The molecule has 3 atom stereocenters. The van der Waals surface area contributed by atoms with Gasteiger partial charge in [0.15, 0.2) is 0 Å². The minimum absolute atomic E-state index is 0.0723. The van der Waals surface area contributed by atoms with Crippen molar-refractivity contribution in [3.8, 4) is 0 Å². The first-order chi connectivity index (χ1) is 6.13. The summed E-state index contributed by atoms with van der Waals surface area (Å²) in [6.07, 6.45) is 2.02. The van der Waals surface area contributed by atoms with Crippen molar-refractivity contribution in [2.75, 3.05) is 6.54 Å². The van der Waals surface area contributed by atoms with Gasteiger partial charge in [-0.05, 0) is 25.7 Å². The molecule has 4 nitrogen and oxygen atoms in total. The number of urea groups is 1. The second kappa shape index (κ2) is 1.89. The van der Waals surface area contributed by atoms with Crippen LogP contribution in [0, 0.1) is 11.3 Å². The number of amides is 3. The molecule has 3 rings (SSSR count). The van der Waals surface area contributed by atoms with Crippen molar-refractivity contribution in [2.24, 2.45) is 11.3 Å². The fraction of sp³-hybridized carbons (Fsp3) is 0.778. The number of carbonyl (C=O) groups excluding carboxylic acids is 2. The maximum atomic E-state index is 11.5. The van der Waals surface area contributed by atoms with Crippen LogP contribution < -0.4 is 5.32 Å². The second-order valence-corrected chi connectivity index (χ2v) is 4.57. The number of nitrogens with zero attached hydrogens (tertiary/aromatic N) is 1. The Labute approximate surface area is 76.3 Å². The smallest absolute Gasteiger partial charge is 0.320 e. The maximum Gasteiger partial charge on any atom is 0.324 e. The van der Waals surface area contributed by atoms with Gasteiger partial charge in [-0.15, -0.1) is 0 Å². The molecule has 2 aliphatic heterocycles. The Kier molecular flexibility index (Phi) is 1.07. The van der Waals surface area contributed by atoms with Crippen LogP contribution in [0.3, 0.4) is 0 Å². The SMILES string of the molecule is CC12CC3CCN(C(=O)NC1=O)C32. The van der Waals surface area contributed by atoms with Crippen LogP contribution in [-0.4, -0.2) is 29.4 Å². The van der Waals surface area contributed by atoms with Gasteiger partial charge in [-0.1, -0.05) is 0 Å². The van der Waals surface area contributed by atoms with Gasteiger partial charge in [-0.2, -0.15) is 0 Å². The molecule has 4 heteroatoms. The van der Waals surface area contributed by atoms with Crippen LogP contribution in [0.25, 0.3) is 0 Å². The first-order valence-corrected chi connectivity index (χ1v) is 4.75. The lowest BCUT2D eigenvalue weighted by molar-refractivity contribution is -0.146. The topological polar surface area (TPSA) is 49.4 Å². The Morgan fingerprint density at radius 3 is 3.08 bits per heavy atom. The molecule has 3 fully saturated rings. The molecule has 0 aromatic heterocycles. The lowest BCUT2D eigenvalue weighted by Crippen LogP contribution is -2.69. The van der Waals surface area contributed by atoms with Gasteiger partial charge < -0.3 is 4.90 Å². The van der Waals surface area contributed by atoms with E-state index in [2.05, 4.69) is 5.32 Å². The Morgan fingerprint density at radius 2 is 2.31 bits per heavy atom. The van der Waals surface area contributed by atoms with Crippen LogP contribution in [0.1, 0.15) is 19.8 Å². The van der Waals surface area contributed by atoms with E-state index in [0.29, 0.717) is 5.92 Å². The molecule has 1 saturated carbocycles. The van der Waals surface area contributed by atoms with Crippen LogP contribution >= 0.6 is 0 Å². The van der Waals surface area contributed by atoms with Crippen LogP contribution in [0.5, 0.6) is 0 Å². The number of nitrogens with one attached hydrogen (secondary N) is 1. The molecule has 3 amide bonds. The van der Waals surface area contributed by atoms with Crippen molar-refractivity contribution < 1.29 is 9.59 Å². The normalized spacial score (nSPS) is 47.0. The van der Waals surface area contributed by atoms with Crippen molar-refractivity contribution in [1.29, 1.82) is 0 Å². The Bertz CT molecular complexity index is 315. The van der Waals surface area contributed by atoms with Gasteiger partial charge in [0.25, 0.3) is 0 Å². The number of imide groups is 1. The maximum absolute atomic E-state index is 11.5. The lowest BCUT2D eigenvalue weighted by atomic mass is 9.58. The molecule has 3 unspecified atom stereocenters. The van der Waals surface area contributed by atoms with Gasteiger partial charge in [0.2, 0.25) is 5.91 Å². The molecular formula is C9H12N2O2. The highest BCUT2D eigenvalue weighted by Crippen LogP contribution is 2.55. The molecule has 0 radical (unpaired) electrons. The molecule has 0 aromatic carbocycles. The number of carbonyl (C=O) groups is 2. The van der Waals surface area contributed by atoms with E-state index in [4.69, 9.17) is 0 Å². The molecule has 2 saturated heterocycles. The van der Waals surface area contributed by atoms with Crippen molar-refractivity contribution in [3.63, 3.8) is 0 Å². The summed E-state index contributed by atoms with van der Waals surface area (Å²) in [5, 5.41) is 2.43. The van der Waals surface area contributed by atoms with Gasteiger partial charge in [0.1, 0.15) is 0 Å². The largest absolute Gasteiger partial charge is 0.324 e. The van der Waals surface area contributed by atoms with E-state index in [9.17, 15) is 9.59 Å². The zero-order chi connectivity index (χ0) is 9.22. The van der Waals surface area contributed by atoms with Crippen LogP contribution in [-0.2, 0) is 4.79 Å². The first-order valence-electron chi connectivity index (χ1n) is 4.75. The number of hydrogen-bond acceptors (Lipinski definition) is 2. The van der Waals surface area contributed by atoms with Crippen molar-refractivity contribution in [2.45, 2.75) is 25.8 Å². The zero-order valence-corrected chi connectivity index (χ0v) is 7.54. The first kappa shape index (κ1) is 7.35. The highest BCUT2D eigenvalue weighted by molar-refractivity contribution is 6.01. The molecule has 1 N–H and O–H groups in total. The van der Waals surface area contributed by atoms with Gasteiger partial charge in [0.05, 0.1) is 11.5 Å². The molecule has 1 aliphatic carbocycles. The van der Waals surface area contributed by atoms with Gasteiger partial charge in [-0.3, -0.25) is 10.1 Å². The minimum atomic E-state index is -0.283. The molecule has 70 valence electrons. The molecule has 0 spiro atoms. The molecular weight excluding hydrogens is 168 g/mol. The van der Waals surface area contributed by atoms with Gasteiger partial charge in [0, 0.05) is 6.54 Å². The van der Waals surface area contributed by atoms with E-state index in [1.54, 1.807) is 0 Å². The summed E-state index contributed by atoms with van der Waals surface area (Å²) in [7, 11) is 0. The van der Waals surface area contributed by atoms with Crippen LogP contribution in [0.2, 0.25) is 0 Å². The summed E-state index contributed by atoms with van der Waals surface area (Å²) >= 11 is 0. The molecule has 0 bridgehead atoms. The zero-order valence-electron chi connectivity index (χ0n) is 7.54. The van der Waals surface area contributed by atoms with E-state index in [1.165, 1.54) is 0 Å². The fourth-order valence-electron chi connectivity index (χ4n) is 3.21. The van der Waals surface area contributed by atoms with Crippen LogP contribution in [0.4, 0.5) is 4.79 Å². The third kappa shape index (κ3) is 0.641. The monoisotopic (exact) mass is 180 g/mol. The molecule has 0 aromatic rings. The summed E-state index contributed by atoms with van der Waals surface area (Å²) in [6.45, 7) is 2.79.